The Morgan fingerprint density at radius 3 is 2.88 bits per heavy atom. The highest BCUT2D eigenvalue weighted by Crippen LogP contribution is 2.06. The largest absolute Gasteiger partial charge is 0.364 e. The minimum absolute atomic E-state index is 0.159. The van der Waals surface area contributed by atoms with E-state index in [-0.39, 0.29) is 21.7 Å². The van der Waals surface area contributed by atoms with Crippen molar-refractivity contribution >= 4 is 21.8 Å². The molecule has 0 spiro atoms. The molecule has 0 fully saturated rings. The molecular weight excluding hydrogens is 284 g/mol. The van der Waals surface area contributed by atoms with Crippen molar-refractivity contribution in [1.82, 2.24) is 10.3 Å². The number of hydrogen-bond donors (Lipinski definition) is 2. The quantitative estimate of drug-likeness (QED) is 0.817. The summed E-state index contributed by atoms with van der Waals surface area (Å²) in [4.78, 5) is 26.4. The first-order valence-electron chi connectivity index (χ1n) is 5.66. The molecular formula is C12H17BrN2O2. The normalized spacial score (nSPS) is 12.2. The average Bonchev–Trinajstić information content (AvgIpc) is 2.26. The molecule has 4 nitrogen and oxygen atoms in total. The van der Waals surface area contributed by atoms with Crippen LogP contribution in [0.1, 0.15) is 35.8 Å². The molecule has 0 bridgehead atoms. The van der Waals surface area contributed by atoms with E-state index in [0.29, 0.717) is 6.54 Å². The Kier molecular flexibility index (Phi) is 5.41. The van der Waals surface area contributed by atoms with Crippen molar-refractivity contribution in [1.29, 1.82) is 0 Å². The van der Waals surface area contributed by atoms with Gasteiger partial charge in [-0.1, -0.05) is 29.3 Å². The molecule has 0 aromatic carbocycles. The van der Waals surface area contributed by atoms with Crippen LogP contribution in [0.3, 0.4) is 0 Å². The summed E-state index contributed by atoms with van der Waals surface area (Å²) in [6.07, 6.45) is 3.50. The van der Waals surface area contributed by atoms with Crippen molar-refractivity contribution in [3.05, 3.63) is 33.7 Å². The minimum atomic E-state index is -0.327. The monoisotopic (exact) mass is 300 g/mol. The van der Waals surface area contributed by atoms with Gasteiger partial charge in [0.2, 0.25) is 0 Å². The van der Waals surface area contributed by atoms with E-state index in [0.717, 1.165) is 18.5 Å². The fourth-order valence-electron chi connectivity index (χ4n) is 1.46. The second-order valence-corrected chi connectivity index (χ2v) is 5.28. The smallest absolute Gasteiger partial charge is 0.256 e. The molecule has 0 aliphatic rings. The Morgan fingerprint density at radius 2 is 2.29 bits per heavy atom. The predicted molar refractivity (Wildman–Crippen MR) is 71.8 cm³/mol. The highest BCUT2D eigenvalue weighted by molar-refractivity contribution is 9.09. The standard InChI is InChI=1S/C12H17BrN2O2/c1-3-4-9(13)6-15-12(17)10-7-14-8(2)5-11(10)16/h5,7,9H,3-4,6H2,1-2H3,(H,14,16)(H,15,17). The molecule has 1 aromatic heterocycles. The van der Waals surface area contributed by atoms with E-state index >= 15 is 0 Å². The van der Waals surface area contributed by atoms with Crippen LogP contribution in [0.15, 0.2) is 17.1 Å². The maximum Gasteiger partial charge on any atom is 0.256 e. The number of H-pyrrole nitrogens is 1. The molecule has 94 valence electrons. The van der Waals surface area contributed by atoms with Crippen LogP contribution in [0.2, 0.25) is 0 Å². The number of carbonyl (C=O) groups excluding carboxylic acids is 1. The van der Waals surface area contributed by atoms with Crippen molar-refractivity contribution in [2.75, 3.05) is 6.54 Å². The molecule has 1 heterocycles. The molecule has 1 aromatic rings. The number of pyridine rings is 1. The Bertz CT molecular complexity index is 442. The van der Waals surface area contributed by atoms with E-state index in [1.165, 1.54) is 12.3 Å². The maximum absolute atomic E-state index is 11.7. The number of rotatable bonds is 5. The first-order chi connectivity index (χ1) is 8.04. The molecule has 0 saturated heterocycles. The molecule has 1 atom stereocenters. The number of amides is 1. The Balaban J connectivity index is 2.61. The summed E-state index contributed by atoms with van der Waals surface area (Å²) in [6, 6.07) is 1.42. The average molecular weight is 301 g/mol. The van der Waals surface area contributed by atoms with Gasteiger partial charge in [-0.2, -0.15) is 0 Å². The molecule has 1 rings (SSSR count). The Hall–Kier alpha value is -1.10. The molecule has 1 amide bonds. The summed E-state index contributed by atoms with van der Waals surface area (Å²) in [5.41, 5.74) is 0.656. The lowest BCUT2D eigenvalue weighted by molar-refractivity contribution is 0.0952. The number of halogens is 1. The van der Waals surface area contributed by atoms with E-state index in [1.54, 1.807) is 6.92 Å². The lowest BCUT2D eigenvalue weighted by Gasteiger charge is -2.09. The summed E-state index contributed by atoms with van der Waals surface area (Å²) in [6.45, 7) is 4.39. The number of aromatic nitrogens is 1. The zero-order valence-electron chi connectivity index (χ0n) is 10.0. The van der Waals surface area contributed by atoms with Gasteiger partial charge in [0.15, 0.2) is 5.43 Å². The summed E-state index contributed by atoms with van der Waals surface area (Å²) >= 11 is 3.47. The van der Waals surface area contributed by atoms with Gasteiger partial charge in [0.25, 0.3) is 5.91 Å². The second-order valence-electron chi connectivity index (χ2n) is 3.99. The van der Waals surface area contributed by atoms with E-state index in [2.05, 4.69) is 33.2 Å². The fourth-order valence-corrected chi connectivity index (χ4v) is 2.08. The number of aromatic amines is 1. The van der Waals surface area contributed by atoms with Crippen molar-refractivity contribution in [3.8, 4) is 0 Å². The van der Waals surface area contributed by atoms with Crippen molar-refractivity contribution in [3.63, 3.8) is 0 Å². The number of nitrogens with one attached hydrogen (secondary N) is 2. The lowest BCUT2D eigenvalue weighted by Crippen LogP contribution is -2.32. The molecule has 0 radical (unpaired) electrons. The van der Waals surface area contributed by atoms with E-state index in [1.807, 2.05) is 0 Å². The van der Waals surface area contributed by atoms with Gasteiger partial charge in [0, 0.05) is 29.3 Å². The SMILES string of the molecule is CCCC(Br)CNC(=O)c1c[nH]c(C)cc1=O. The molecule has 0 saturated carbocycles. The zero-order valence-corrected chi connectivity index (χ0v) is 11.6. The first-order valence-corrected chi connectivity index (χ1v) is 6.57. The van der Waals surface area contributed by atoms with Gasteiger partial charge in [-0.05, 0) is 13.3 Å². The lowest BCUT2D eigenvalue weighted by atomic mass is 10.2. The first kappa shape index (κ1) is 14.0. The van der Waals surface area contributed by atoms with Gasteiger partial charge >= 0.3 is 0 Å². The third-order valence-electron chi connectivity index (χ3n) is 2.39. The summed E-state index contributed by atoms with van der Waals surface area (Å²) in [5.74, 6) is -0.327. The van der Waals surface area contributed by atoms with Gasteiger partial charge in [-0.15, -0.1) is 0 Å². The molecule has 5 heteroatoms. The van der Waals surface area contributed by atoms with Gasteiger partial charge < -0.3 is 10.3 Å². The van der Waals surface area contributed by atoms with Crippen molar-refractivity contribution in [2.24, 2.45) is 0 Å². The molecule has 2 N–H and O–H groups in total. The molecule has 0 aliphatic heterocycles. The molecule has 0 aliphatic carbocycles. The van der Waals surface area contributed by atoms with Crippen molar-refractivity contribution in [2.45, 2.75) is 31.5 Å². The molecule has 1 unspecified atom stereocenters. The Morgan fingerprint density at radius 1 is 1.59 bits per heavy atom. The van der Waals surface area contributed by atoms with E-state index in [9.17, 15) is 9.59 Å². The van der Waals surface area contributed by atoms with E-state index < -0.39 is 0 Å². The van der Waals surface area contributed by atoms with Crippen LogP contribution in [0, 0.1) is 6.92 Å². The van der Waals surface area contributed by atoms with Crippen LogP contribution < -0.4 is 10.7 Å². The van der Waals surface area contributed by atoms with Crippen LogP contribution in [0.5, 0.6) is 0 Å². The second kappa shape index (κ2) is 6.59. The number of alkyl halides is 1. The van der Waals surface area contributed by atoms with Crippen LogP contribution in [0.4, 0.5) is 0 Å². The number of carbonyl (C=O) groups is 1. The zero-order chi connectivity index (χ0) is 12.8. The highest BCUT2D eigenvalue weighted by atomic mass is 79.9. The van der Waals surface area contributed by atoms with Gasteiger partial charge in [0.05, 0.1) is 0 Å². The van der Waals surface area contributed by atoms with Gasteiger partial charge in [0.1, 0.15) is 5.56 Å². The highest BCUT2D eigenvalue weighted by Gasteiger charge is 2.11. The summed E-state index contributed by atoms with van der Waals surface area (Å²) in [5, 5.41) is 2.74. The third kappa shape index (κ3) is 4.34. The minimum Gasteiger partial charge on any atom is -0.364 e. The topological polar surface area (TPSA) is 62.0 Å². The summed E-state index contributed by atoms with van der Waals surface area (Å²) < 4.78 is 0. The van der Waals surface area contributed by atoms with Crippen LogP contribution in [0.25, 0.3) is 0 Å². The Labute approximate surface area is 109 Å². The van der Waals surface area contributed by atoms with Crippen molar-refractivity contribution < 1.29 is 4.79 Å². The fraction of sp³-hybridized carbons (Fsp3) is 0.500. The number of hydrogen-bond acceptors (Lipinski definition) is 2. The summed E-state index contributed by atoms with van der Waals surface area (Å²) in [7, 11) is 0. The van der Waals surface area contributed by atoms with Gasteiger partial charge in [-0.25, -0.2) is 0 Å². The van der Waals surface area contributed by atoms with Crippen LogP contribution >= 0.6 is 15.9 Å². The maximum atomic E-state index is 11.7. The van der Waals surface area contributed by atoms with Gasteiger partial charge in [-0.3, -0.25) is 9.59 Å². The number of aryl methyl sites for hydroxylation is 1. The van der Waals surface area contributed by atoms with E-state index in [4.69, 9.17) is 0 Å². The molecule has 17 heavy (non-hydrogen) atoms. The van der Waals surface area contributed by atoms with Crippen LogP contribution in [-0.2, 0) is 0 Å². The third-order valence-corrected chi connectivity index (χ3v) is 3.17. The van der Waals surface area contributed by atoms with Crippen LogP contribution in [-0.4, -0.2) is 22.3 Å². The predicted octanol–water partition coefficient (Wildman–Crippen LogP) is 1.98.